The minimum Gasteiger partial charge on any atom is -0.224 e. The number of rotatable bonds is 0. The average Bonchev–Trinajstić information content (AvgIpc) is 2.48. The zero-order chi connectivity index (χ0) is 24.6. The molecule has 0 unspecified atom stereocenters. The second kappa shape index (κ2) is 5.16. The molecular weight excluding hydrogens is 495 g/mol. The molecule has 0 aromatic carbocycles. The molecule has 1 nitrogen and oxygen atoms in total. The van der Waals surface area contributed by atoms with Crippen molar-refractivity contribution in [3.8, 4) is 0 Å². The Balaban J connectivity index is 3.26. The zero-order valence-electron chi connectivity index (χ0n) is 12.6. The van der Waals surface area contributed by atoms with E-state index in [4.69, 9.17) is 0 Å². The Hall–Kier alpha value is -1.37. The summed E-state index contributed by atoms with van der Waals surface area (Å²) < 4.78 is 255. The van der Waals surface area contributed by atoms with Crippen LogP contribution in [0.1, 0.15) is 0 Å². The van der Waals surface area contributed by atoms with Gasteiger partial charge in [0.15, 0.2) is 0 Å². The van der Waals surface area contributed by atoms with Gasteiger partial charge in [-0.2, -0.15) is 74.6 Å². The van der Waals surface area contributed by atoms with Crippen LogP contribution in [-0.2, 0) is 0 Å². The Morgan fingerprint density at radius 2 is 0.700 bits per heavy atom. The van der Waals surface area contributed by atoms with Crippen molar-refractivity contribution in [3.63, 3.8) is 0 Å². The van der Waals surface area contributed by atoms with Crippen molar-refractivity contribution in [2.75, 3.05) is 0 Å². The second-order valence-electron chi connectivity index (χ2n) is 6.07. The minimum atomic E-state index is -8.69. The topological polar surface area (TPSA) is 3.24 Å². The summed E-state index contributed by atoms with van der Waals surface area (Å²) in [7, 11) is 0. The molecule has 1 heterocycles. The van der Waals surface area contributed by atoms with E-state index in [-0.39, 0.29) is 0 Å². The molecule has 0 amide bonds. The largest absolute Gasteiger partial charge is 0.467 e. The summed E-state index contributed by atoms with van der Waals surface area (Å²) in [6, 6.07) is -8.18. The van der Waals surface area contributed by atoms with Gasteiger partial charge in [0.05, 0.1) is 0 Å². The van der Waals surface area contributed by atoms with Gasteiger partial charge in [-0.15, -0.1) is 4.90 Å². The average molecular weight is 495 g/mol. The van der Waals surface area contributed by atoms with Gasteiger partial charge >= 0.3 is 53.6 Å². The van der Waals surface area contributed by atoms with E-state index in [1.165, 1.54) is 0 Å². The highest BCUT2D eigenvalue weighted by Crippen LogP contribution is 2.78. The second-order valence-corrected chi connectivity index (χ2v) is 6.07. The Morgan fingerprint density at radius 3 is 1.03 bits per heavy atom. The first-order chi connectivity index (χ1) is 12.6. The van der Waals surface area contributed by atoms with Crippen LogP contribution in [0.2, 0.25) is 0 Å². The Morgan fingerprint density at radius 1 is 0.400 bits per heavy atom. The number of likely N-dealkylation sites (tertiary alicyclic amines) is 1. The van der Waals surface area contributed by atoms with Crippen LogP contribution in [-0.4, -0.2) is 64.2 Å². The molecule has 2 fully saturated rings. The van der Waals surface area contributed by atoms with Crippen LogP contribution < -0.4 is 0 Å². The molecule has 0 N–H and O–H groups in total. The van der Waals surface area contributed by atoms with E-state index in [0.717, 1.165) is 0 Å². The molecule has 1 aliphatic heterocycles. The smallest absolute Gasteiger partial charge is 0.224 e. The molecule has 0 bridgehead atoms. The van der Waals surface area contributed by atoms with Gasteiger partial charge in [0.1, 0.15) is 0 Å². The van der Waals surface area contributed by atoms with Crippen LogP contribution in [0.4, 0.5) is 83.4 Å². The predicted octanol–water partition coefficient (Wildman–Crippen LogP) is 5.61. The summed E-state index contributed by atoms with van der Waals surface area (Å²) in [5.41, 5.74) is -8.69. The van der Waals surface area contributed by atoms with Crippen molar-refractivity contribution in [3.05, 3.63) is 0 Å². The fourth-order valence-electron chi connectivity index (χ4n) is 3.02. The lowest BCUT2D eigenvalue weighted by Crippen LogP contribution is -2.98. The molecule has 0 radical (unpaired) electrons. The Bertz CT molecular complexity index is 739. The van der Waals surface area contributed by atoms with Crippen LogP contribution in [0.25, 0.3) is 0 Å². The van der Waals surface area contributed by atoms with Gasteiger partial charge in [-0.05, 0) is 0 Å². The maximum atomic E-state index is 14.5. The zero-order valence-corrected chi connectivity index (χ0v) is 12.6. The molecule has 2 rings (SSSR count). The van der Waals surface area contributed by atoms with E-state index in [1.807, 2.05) is 0 Å². The van der Waals surface area contributed by atoms with Crippen molar-refractivity contribution in [1.82, 2.24) is 4.90 Å². The molecule has 1 saturated heterocycles. The number of hydrogen-bond acceptors (Lipinski definition) is 1. The van der Waals surface area contributed by atoms with Gasteiger partial charge in [0, 0.05) is 0 Å². The number of halogens is 19. The fourth-order valence-corrected chi connectivity index (χ4v) is 3.02. The SMILES string of the molecule is FC(F)(F)N1C(F)(F)C(F)(F)C(F)(F)[C@]2(F)C(F)(F)C(F)(F)C(F)(F)C(F)(F)[C@@]12F. The van der Waals surface area contributed by atoms with Gasteiger partial charge in [-0.1, -0.05) is 0 Å². The normalized spacial score (nSPS) is 40.5. The predicted molar refractivity (Wildman–Crippen MR) is 50.2 cm³/mol. The molecule has 0 spiro atoms. The fraction of sp³-hybridized carbons (Fsp3) is 1.00. The third-order valence-electron chi connectivity index (χ3n) is 4.54. The molecule has 1 aliphatic carbocycles. The summed E-state index contributed by atoms with van der Waals surface area (Å²) >= 11 is 0. The third kappa shape index (κ3) is 1.84. The van der Waals surface area contributed by atoms with Crippen molar-refractivity contribution < 1.29 is 83.4 Å². The molecular formula is C10F19N. The van der Waals surface area contributed by atoms with E-state index < -0.39 is 64.2 Å². The molecule has 1 saturated carbocycles. The number of alkyl halides is 19. The van der Waals surface area contributed by atoms with Crippen LogP contribution >= 0.6 is 0 Å². The van der Waals surface area contributed by atoms with Gasteiger partial charge in [-0.3, -0.25) is 0 Å². The summed E-state index contributed by atoms with van der Waals surface area (Å²) in [5.74, 6) is -59.1. The Kier molecular flexibility index (Phi) is 4.28. The van der Waals surface area contributed by atoms with E-state index in [9.17, 15) is 83.4 Å². The standard InChI is InChI=1S/C10F19N/c11-1-2(12,13)4(16,17)5(18,19)6(20,21)8(1,24)30(10(27,28)29)9(25,26)7(22,23)3(1,14)15/t1-,8+/m1/s1. The van der Waals surface area contributed by atoms with Crippen molar-refractivity contribution >= 4 is 0 Å². The molecule has 0 aromatic heterocycles. The lowest BCUT2D eigenvalue weighted by molar-refractivity contribution is -0.587. The van der Waals surface area contributed by atoms with Gasteiger partial charge < -0.3 is 0 Å². The minimum absolute atomic E-state index is 4.67. The van der Waals surface area contributed by atoms with E-state index >= 15 is 0 Å². The molecule has 2 atom stereocenters. The molecule has 178 valence electrons. The quantitative estimate of drug-likeness (QED) is 0.312. The van der Waals surface area contributed by atoms with Crippen molar-refractivity contribution in [2.45, 2.75) is 59.3 Å². The molecule has 30 heavy (non-hydrogen) atoms. The number of piperidine rings is 1. The highest BCUT2D eigenvalue weighted by atomic mass is 19.4. The van der Waals surface area contributed by atoms with Gasteiger partial charge in [0.25, 0.3) is 5.79 Å². The van der Waals surface area contributed by atoms with E-state index in [1.54, 1.807) is 0 Å². The lowest BCUT2D eigenvalue weighted by Gasteiger charge is -2.64. The first kappa shape index (κ1) is 24.9. The van der Waals surface area contributed by atoms with Gasteiger partial charge in [0.2, 0.25) is 0 Å². The number of hydrogen-bond donors (Lipinski definition) is 0. The highest BCUT2D eigenvalue weighted by Gasteiger charge is 3.12. The van der Waals surface area contributed by atoms with E-state index in [0.29, 0.717) is 0 Å². The summed E-state index contributed by atoms with van der Waals surface area (Å²) in [6.07, 6.45) is -8.02. The Labute approximate surface area is 149 Å². The summed E-state index contributed by atoms with van der Waals surface area (Å²) in [6.45, 7) is 0. The molecule has 20 heteroatoms. The number of fused-ring (bicyclic) bond motifs is 1. The van der Waals surface area contributed by atoms with E-state index in [2.05, 4.69) is 0 Å². The van der Waals surface area contributed by atoms with Crippen LogP contribution in [0.15, 0.2) is 0 Å². The summed E-state index contributed by atoms with van der Waals surface area (Å²) in [5, 5.41) is 0. The third-order valence-corrected chi connectivity index (χ3v) is 4.54. The monoisotopic (exact) mass is 495 g/mol. The lowest BCUT2D eigenvalue weighted by atomic mass is 9.62. The highest BCUT2D eigenvalue weighted by molar-refractivity contribution is 5.37. The molecule has 0 aromatic rings. The van der Waals surface area contributed by atoms with Crippen LogP contribution in [0.5, 0.6) is 0 Å². The van der Waals surface area contributed by atoms with Crippen molar-refractivity contribution in [1.29, 1.82) is 0 Å². The van der Waals surface area contributed by atoms with Gasteiger partial charge in [-0.25, -0.2) is 8.78 Å². The molecule has 2 aliphatic rings. The van der Waals surface area contributed by atoms with Crippen LogP contribution in [0.3, 0.4) is 0 Å². The first-order valence-electron chi connectivity index (χ1n) is 6.51. The van der Waals surface area contributed by atoms with Crippen LogP contribution in [0, 0.1) is 0 Å². The van der Waals surface area contributed by atoms with Crippen molar-refractivity contribution in [2.24, 2.45) is 0 Å². The maximum absolute atomic E-state index is 14.5. The number of nitrogens with zero attached hydrogens (tertiary/aromatic N) is 1. The first-order valence-corrected chi connectivity index (χ1v) is 6.51. The maximum Gasteiger partial charge on any atom is 0.467 e. The summed E-state index contributed by atoms with van der Waals surface area (Å²) in [4.78, 5) is -4.67.